The van der Waals surface area contributed by atoms with Gasteiger partial charge < -0.3 is 0 Å². The Morgan fingerprint density at radius 1 is 1.00 bits per heavy atom. The van der Waals surface area contributed by atoms with Gasteiger partial charge in [-0.15, -0.1) is 0 Å². The summed E-state index contributed by atoms with van der Waals surface area (Å²) < 4.78 is 0. The van der Waals surface area contributed by atoms with E-state index in [0.717, 1.165) is 17.7 Å². The summed E-state index contributed by atoms with van der Waals surface area (Å²) in [4.78, 5) is 9.26. The molecular weight excluding hydrogens is 196 g/mol. The third-order valence-electron chi connectivity index (χ3n) is 4.38. The highest BCUT2D eigenvalue weighted by Gasteiger charge is 2.33. The van der Waals surface area contributed by atoms with Crippen LogP contribution in [0, 0.1) is 19.8 Å². The van der Waals surface area contributed by atoms with Crippen molar-refractivity contribution in [3.05, 3.63) is 22.8 Å². The molecule has 1 fully saturated rings. The van der Waals surface area contributed by atoms with Gasteiger partial charge in [0.05, 0.1) is 5.69 Å². The Labute approximate surface area is 97.5 Å². The number of aromatic nitrogens is 2. The van der Waals surface area contributed by atoms with Crippen molar-refractivity contribution >= 4 is 0 Å². The van der Waals surface area contributed by atoms with Crippen molar-refractivity contribution in [1.82, 2.24) is 9.97 Å². The zero-order valence-electron chi connectivity index (χ0n) is 10.3. The number of rotatable bonds is 0. The number of nitrogens with zero attached hydrogens (tertiary/aromatic N) is 2. The van der Waals surface area contributed by atoms with Crippen molar-refractivity contribution in [1.29, 1.82) is 0 Å². The second kappa shape index (κ2) is 3.83. The van der Waals surface area contributed by atoms with Gasteiger partial charge >= 0.3 is 0 Å². The van der Waals surface area contributed by atoms with Crippen LogP contribution in [0.4, 0.5) is 0 Å². The van der Waals surface area contributed by atoms with Gasteiger partial charge in [-0.05, 0) is 51.0 Å². The predicted octanol–water partition coefficient (Wildman–Crippen LogP) is 3.31. The van der Waals surface area contributed by atoms with Crippen LogP contribution in [0.1, 0.15) is 60.8 Å². The van der Waals surface area contributed by atoms with Crippen LogP contribution in [0.3, 0.4) is 0 Å². The molecule has 0 N–H and O–H groups in total. The monoisotopic (exact) mass is 216 g/mol. The highest BCUT2D eigenvalue weighted by atomic mass is 14.9. The molecule has 1 heterocycles. The topological polar surface area (TPSA) is 25.8 Å². The number of hydrogen-bond donors (Lipinski definition) is 0. The second-order valence-corrected chi connectivity index (χ2v) is 5.41. The van der Waals surface area contributed by atoms with Gasteiger partial charge in [0.25, 0.3) is 0 Å². The van der Waals surface area contributed by atoms with Gasteiger partial charge in [-0.1, -0.05) is 12.8 Å². The smallest absolute Gasteiger partial charge is 0.125 e. The first-order valence-electron chi connectivity index (χ1n) is 6.59. The molecule has 2 aliphatic carbocycles. The Morgan fingerprint density at radius 3 is 2.69 bits per heavy atom. The van der Waals surface area contributed by atoms with E-state index in [-0.39, 0.29) is 0 Å². The van der Waals surface area contributed by atoms with Crippen LogP contribution in [-0.4, -0.2) is 9.97 Å². The largest absolute Gasteiger partial charge is 0.238 e. The van der Waals surface area contributed by atoms with Crippen LogP contribution in [0.2, 0.25) is 0 Å². The Hall–Kier alpha value is -0.920. The first-order chi connectivity index (χ1) is 7.75. The molecule has 16 heavy (non-hydrogen) atoms. The molecule has 0 aliphatic heterocycles. The van der Waals surface area contributed by atoms with Gasteiger partial charge in [0.1, 0.15) is 5.82 Å². The zero-order chi connectivity index (χ0) is 11.1. The molecule has 3 rings (SSSR count). The van der Waals surface area contributed by atoms with Gasteiger partial charge in [-0.25, -0.2) is 9.97 Å². The summed E-state index contributed by atoms with van der Waals surface area (Å²) in [6.07, 6.45) is 8.18. The first kappa shape index (κ1) is 10.2. The van der Waals surface area contributed by atoms with Crippen molar-refractivity contribution < 1.29 is 0 Å². The van der Waals surface area contributed by atoms with Crippen molar-refractivity contribution in [3.63, 3.8) is 0 Å². The lowest BCUT2D eigenvalue weighted by Gasteiger charge is -2.36. The molecule has 1 aromatic rings. The highest BCUT2D eigenvalue weighted by Crippen LogP contribution is 2.44. The van der Waals surface area contributed by atoms with Gasteiger partial charge in [0.2, 0.25) is 0 Å². The predicted molar refractivity (Wildman–Crippen MR) is 64.5 cm³/mol. The van der Waals surface area contributed by atoms with E-state index in [1.54, 1.807) is 0 Å². The summed E-state index contributed by atoms with van der Waals surface area (Å²) in [7, 11) is 0. The van der Waals surface area contributed by atoms with Gasteiger partial charge in [0, 0.05) is 11.6 Å². The quantitative estimate of drug-likeness (QED) is 0.665. The summed E-state index contributed by atoms with van der Waals surface area (Å²) in [6.45, 7) is 4.18. The van der Waals surface area contributed by atoms with Gasteiger partial charge in [-0.2, -0.15) is 0 Å². The first-order valence-corrected chi connectivity index (χ1v) is 6.59. The number of aryl methyl sites for hydroxylation is 2. The lowest BCUT2D eigenvalue weighted by atomic mass is 9.70. The molecule has 0 amide bonds. The molecule has 0 spiro atoms. The lowest BCUT2D eigenvalue weighted by Crippen LogP contribution is -2.26. The van der Waals surface area contributed by atoms with Gasteiger partial charge in [0.15, 0.2) is 0 Å². The highest BCUT2D eigenvalue weighted by molar-refractivity contribution is 5.31. The Kier molecular flexibility index (Phi) is 2.45. The minimum atomic E-state index is 0.748. The van der Waals surface area contributed by atoms with E-state index in [4.69, 9.17) is 4.98 Å². The summed E-state index contributed by atoms with van der Waals surface area (Å²) in [5.74, 6) is 2.62. The fourth-order valence-corrected chi connectivity index (χ4v) is 3.62. The standard InChI is InChI=1S/C14H20N2/c1-9-12-8-7-11-5-3-4-6-13(11)14(12)16-10(2)15-9/h11,13H,3-8H2,1-2H3. The van der Waals surface area contributed by atoms with Gasteiger partial charge in [-0.3, -0.25) is 0 Å². The summed E-state index contributed by atoms with van der Waals surface area (Å²) >= 11 is 0. The molecule has 1 saturated carbocycles. The van der Waals surface area contributed by atoms with Crippen molar-refractivity contribution in [2.24, 2.45) is 5.92 Å². The second-order valence-electron chi connectivity index (χ2n) is 5.41. The molecule has 86 valence electrons. The van der Waals surface area contributed by atoms with E-state index < -0.39 is 0 Å². The van der Waals surface area contributed by atoms with Crippen LogP contribution in [-0.2, 0) is 6.42 Å². The fraction of sp³-hybridized carbons (Fsp3) is 0.714. The van der Waals surface area contributed by atoms with E-state index in [0.29, 0.717) is 0 Å². The van der Waals surface area contributed by atoms with Crippen molar-refractivity contribution in [2.45, 2.75) is 58.3 Å². The van der Waals surface area contributed by atoms with E-state index in [9.17, 15) is 0 Å². The molecule has 2 unspecified atom stereocenters. The van der Waals surface area contributed by atoms with E-state index in [1.165, 1.54) is 55.5 Å². The van der Waals surface area contributed by atoms with Crippen LogP contribution in [0.25, 0.3) is 0 Å². The normalized spacial score (nSPS) is 28.4. The average Bonchev–Trinajstić information content (AvgIpc) is 2.28. The fourth-order valence-electron chi connectivity index (χ4n) is 3.62. The maximum Gasteiger partial charge on any atom is 0.125 e. The third-order valence-corrected chi connectivity index (χ3v) is 4.38. The van der Waals surface area contributed by atoms with Crippen LogP contribution in [0.5, 0.6) is 0 Å². The molecule has 0 radical (unpaired) electrons. The maximum absolute atomic E-state index is 4.75. The third kappa shape index (κ3) is 1.55. The Bertz CT molecular complexity index is 411. The van der Waals surface area contributed by atoms with E-state index >= 15 is 0 Å². The number of hydrogen-bond acceptors (Lipinski definition) is 2. The lowest BCUT2D eigenvalue weighted by molar-refractivity contribution is 0.269. The summed E-state index contributed by atoms with van der Waals surface area (Å²) in [6, 6.07) is 0. The molecule has 1 aromatic heterocycles. The SMILES string of the molecule is Cc1nc(C)c2c(n1)C1CCCCC1CC2. The number of fused-ring (bicyclic) bond motifs is 3. The summed E-state index contributed by atoms with van der Waals surface area (Å²) in [5.41, 5.74) is 4.10. The molecule has 2 nitrogen and oxygen atoms in total. The maximum atomic E-state index is 4.75. The molecule has 2 atom stereocenters. The summed E-state index contributed by atoms with van der Waals surface area (Å²) in [5, 5.41) is 0. The molecule has 0 saturated heterocycles. The Morgan fingerprint density at radius 2 is 1.81 bits per heavy atom. The van der Waals surface area contributed by atoms with E-state index in [2.05, 4.69) is 11.9 Å². The van der Waals surface area contributed by atoms with Crippen LogP contribution < -0.4 is 0 Å². The average molecular weight is 216 g/mol. The van der Waals surface area contributed by atoms with Crippen LogP contribution in [0.15, 0.2) is 0 Å². The zero-order valence-corrected chi connectivity index (χ0v) is 10.3. The minimum Gasteiger partial charge on any atom is -0.238 e. The van der Waals surface area contributed by atoms with E-state index in [1.807, 2.05) is 6.92 Å². The molecule has 2 aliphatic rings. The van der Waals surface area contributed by atoms with Crippen LogP contribution >= 0.6 is 0 Å². The Balaban J connectivity index is 2.06. The van der Waals surface area contributed by atoms with Crippen molar-refractivity contribution in [2.75, 3.05) is 0 Å². The molecule has 2 heteroatoms. The molecule has 0 aromatic carbocycles. The molecule has 0 bridgehead atoms. The van der Waals surface area contributed by atoms with Crippen molar-refractivity contribution in [3.8, 4) is 0 Å². The molecular formula is C14H20N2. The minimum absolute atomic E-state index is 0.748.